The van der Waals surface area contributed by atoms with Crippen LogP contribution < -0.4 is 5.32 Å². The summed E-state index contributed by atoms with van der Waals surface area (Å²) in [7, 11) is 0. The number of aromatic nitrogens is 4. The van der Waals surface area contributed by atoms with Gasteiger partial charge in [0.25, 0.3) is 5.91 Å². The number of aryl methyl sites for hydroxylation is 2. The van der Waals surface area contributed by atoms with Crippen LogP contribution in [-0.4, -0.2) is 49.7 Å². The molecule has 7 heteroatoms. The first-order chi connectivity index (χ1) is 14.9. The highest BCUT2D eigenvalue weighted by atomic mass is 16.1. The fourth-order valence-corrected chi connectivity index (χ4v) is 4.29. The van der Waals surface area contributed by atoms with Crippen LogP contribution in [0, 0.1) is 13.8 Å². The van der Waals surface area contributed by atoms with Gasteiger partial charge in [0.2, 0.25) is 0 Å². The number of amides is 1. The zero-order valence-electron chi connectivity index (χ0n) is 18.7. The Morgan fingerprint density at radius 2 is 1.97 bits per heavy atom. The average molecular weight is 419 g/mol. The minimum Gasteiger partial charge on any atom is -0.348 e. The summed E-state index contributed by atoms with van der Waals surface area (Å²) in [4.78, 5) is 23.8. The van der Waals surface area contributed by atoms with E-state index in [1.165, 1.54) is 5.69 Å². The van der Waals surface area contributed by atoms with Crippen molar-refractivity contribution in [1.82, 2.24) is 30.0 Å². The Balaban J connectivity index is 1.60. The van der Waals surface area contributed by atoms with E-state index in [0.717, 1.165) is 30.8 Å². The lowest BCUT2D eigenvalue weighted by Crippen LogP contribution is -2.28. The van der Waals surface area contributed by atoms with Crippen molar-refractivity contribution in [2.75, 3.05) is 13.1 Å². The van der Waals surface area contributed by atoms with Gasteiger partial charge in [-0.1, -0.05) is 18.2 Å². The van der Waals surface area contributed by atoms with Crippen molar-refractivity contribution < 1.29 is 4.79 Å². The molecule has 1 fully saturated rings. The smallest absolute Gasteiger partial charge is 0.254 e. The van der Waals surface area contributed by atoms with Crippen LogP contribution in [0.25, 0.3) is 5.69 Å². The van der Waals surface area contributed by atoms with Crippen molar-refractivity contribution >= 4 is 5.91 Å². The van der Waals surface area contributed by atoms with Gasteiger partial charge in [-0.2, -0.15) is 5.10 Å². The predicted molar refractivity (Wildman–Crippen MR) is 120 cm³/mol. The van der Waals surface area contributed by atoms with Gasteiger partial charge in [0, 0.05) is 36.8 Å². The summed E-state index contributed by atoms with van der Waals surface area (Å²) in [5, 5.41) is 7.76. The highest BCUT2D eigenvalue weighted by Gasteiger charge is 2.30. The van der Waals surface area contributed by atoms with Gasteiger partial charge in [-0.15, -0.1) is 0 Å². The second kappa shape index (κ2) is 8.98. The maximum absolute atomic E-state index is 12.8. The number of likely N-dealkylation sites (tertiary alicyclic amines) is 1. The zero-order valence-corrected chi connectivity index (χ0v) is 18.7. The monoisotopic (exact) mass is 418 g/mol. The fourth-order valence-electron chi connectivity index (χ4n) is 4.29. The Morgan fingerprint density at radius 1 is 1.19 bits per heavy atom. The number of carbonyl (C=O) groups excluding carboxylic acids is 1. The van der Waals surface area contributed by atoms with Gasteiger partial charge in [-0.25, -0.2) is 14.6 Å². The number of para-hydroxylation sites is 1. The van der Waals surface area contributed by atoms with Crippen molar-refractivity contribution in [2.45, 2.75) is 52.6 Å². The maximum atomic E-state index is 12.8. The zero-order chi connectivity index (χ0) is 22.0. The van der Waals surface area contributed by atoms with Crippen molar-refractivity contribution in [3.63, 3.8) is 0 Å². The summed E-state index contributed by atoms with van der Waals surface area (Å²) >= 11 is 0. The Morgan fingerprint density at radius 3 is 2.65 bits per heavy atom. The lowest BCUT2D eigenvalue weighted by Gasteiger charge is -2.21. The molecule has 1 atom stereocenters. The van der Waals surface area contributed by atoms with E-state index in [1.54, 1.807) is 6.20 Å². The Bertz CT molecular complexity index is 1060. The van der Waals surface area contributed by atoms with E-state index in [9.17, 15) is 4.79 Å². The second-order valence-electron chi connectivity index (χ2n) is 8.48. The lowest BCUT2D eigenvalue weighted by molar-refractivity contribution is 0.0949. The van der Waals surface area contributed by atoms with Crippen LogP contribution in [0.5, 0.6) is 0 Å². The number of carbonyl (C=O) groups is 1. The molecule has 0 spiro atoms. The third kappa shape index (κ3) is 4.51. The van der Waals surface area contributed by atoms with Gasteiger partial charge in [0.1, 0.15) is 5.82 Å². The van der Waals surface area contributed by atoms with Crippen LogP contribution in [-0.2, 0) is 6.54 Å². The van der Waals surface area contributed by atoms with Crippen molar-refractivity contribution in [3.8, 4) is 5.69 Å². The van der Waals surface area contributed by atoms with E-state index < -0.39 is 0 Å². The molecule has 162 valence electrons. The molecule has 1 amide bonds. The Kier molecular flexibility index (Phi) is 6.13. The number of rotatable bonds is 6. The molecule has 1 saturated heterocycles. The number of benzene rings is 1. The molecule has 1 aliphatic rings. The first-order valence-corrected chi connectivity index (χ1v) is 10.9. The minimum absolute atomic E-state index is 0.161. The van der Waals surface area contributed by atoms with Crippen molar-refractivity contribution in [3.05, 3.63) is 71.1 Å². The van der Waals surface area contributed by atoms with Gasteiger partial charge >= 0.3 is 0 Å². The molecule has 7 nitrogen and oxygen atoms in total. The molecule has 1 aromatic carbocycles. The van der Waals surface area contributed by atoms with Gasteiger partial charge in [-0.3, -0.25) is 4.79 Å². The normalized spacial score (nSPS) is 16.7. The molecule has 4 rings (SSSR count). The third-order valence-corrected chi connectivity index (χ3v) is 6.01. The van der Waals surface area contributed by atoms with Crippen molar-refractivity contribution in [2.24, 2.45) is 0 Å². The Hall–Kier alpha value is -3.06. The number of nitrogens with one attached hydrogen (secondary N) is 1. The van der Waals surface area contributed by atoms with E-state index in [-0.39, 0.29) is 5.91 Å². The number of hydrogen-bond donors (Lipinski definition) is 1. The van der Waals surface area contributed by atoms with Crippen LogP contribution >= 0.6 is 0 Å². The standard InChI is InChI=1S/C24H30N6O/c1-16(2)29-11-10-19(15-29)23-20(13-27-30(23)21-8-6-5-7-9-21)12-26-24(31)22-14-25-18(4)28-17(22)3/h5-9,13-14,16,19H,10-12,15H2,1-4H3,(H,26,31)/t19-/m1/s1. The molecule has 1 aliphatic heterocycles. The van der Waals surface area contributed by atoms with E-state index in [0.29, 0.717) is 35.6 Å². The van der Waals surface area contributed by atoms with Gasteiger partial charge < -0.3 is 10.2 Å². The summed E-state index contributed by atoms with van der Waals surface area (Å²) in [5.41, 5.74) is 4.48. The molecule has 0 bridgehead atoms. The highest BCUT2D eigenvalue weighted by molar-refractivity contribution is 5.94. The molecular weight excluding hydrogens is 388 g/mol. The van der Waals surface area contributed by atoms with Gasteiger partial charge in [0.05, 0.1) is 28.8 Å². The highest BCUT2D eigenvalue weighted by Crippen LogP contribution is 2.32. The topological polar surface area (TPSA) is 75.9 Å². The van der Waals surface area contributed by atoms with Gasteiger partial charge in [0.15, 0.2) is 0 Å². The molecule has 2 aromatic heterocycles. The Labute approximate surface area is 183 Å². The first-order valence-electron chi connectivity index (χ1n) is 10.9. The average Bonchev–Trinajstić information content (AvgIpc) is 3.39. The van der Waals surface area contributed by atoms with Crippen LogP contribution in [0.2, 0.25) is 0 Å². The minimum atomic E-state index is -0.161. The third-order valence-electron chi connectivity index (χ3n) is 6.01. The molecular formula is C24H30N6O. The molecule has 0 unspecified atom stereocenters. The summed E-state index contributed by atoms with van der Waals surface area (Å²) < 4.78 is 2.04. The summed E-state index contributed by atoms with van der Waals surface area (Å²) in [6.07, 6.45) is 4.57. The molecule has 3 aromatic rings. The van der Waals surface area contributed by atoms with Gasteiger partial charge in [-0.05, 0) is 52.8 Å². The van der Waals surface area contributed by atoms with E-state index >= 15 is 0 Å². The molecule has 31 heavy (non-hydrogen) atoms. The second-order valence-corrected chi connectivity index (χ2v) is 8.48. The fraction of sp³-hybridized carbons (Fsp3) is 0.417. The van der Waals surface area contributed by atoms with Crippen LogP contribution in [0.15, 0.2) is 42.7 Å². The van der Waals surface area contributed by atoms with Crippen LogP contribution in [0.3, 0.4) is 0 Å². The SMILES string of the molecule is Cc1ncc(C(=O)NCc2cnn(-c3ccccc3)c2[C@@H]2CCN(C(C)C)C2)c(C)n1. The predicted octanol–water partition coefficient (Wildman–Crippen LogP) is 3.41. The number of hydrogen-bond acceptors (Lipinski definition) is 5. The number of nitrogens with zero attached hydrogens (tertiary/aromatic N) is 5. The summed E-state index contributed by atoms with van der Waals surface area (Å²) in [5.74, 6) is 0.879. The molecule has 1 N–H and O–H groups in total. The van der Waals surface area contributed by atoms with E-state index in [4.69, 9.17) is 5.10 Å². The first kappa shape index (κ1) is 21.2. The van der Waals surface area contributed by atoms with Crippen LogP contribution in [0.4, 0.5) is 0 Å². The largest absolute Gasteiger partial charge is 0.348 e. The lowest BCUT2D eigenvalue weighted by atomic mass is 10.00. The summed E-state index contributed by atoms with van der Waals surface area (Å²) in [6.45, 7) is 10.6. The quantitative estimate of drug-likeness (QED) is 0.664. The van der Waals surface area contributed by atoms with E-state index in [2.05, 4.69) is 46.2 Å². The summed E-state index contributed by atoms with van der Waals surface area (Å²) in [6, 6.07) is 10.7. The van der Waals surface area contributed by atoms with Crippen molar-refractivity contribution in [1.29, 1.82) is 0 Å². The molecule has 0 aliphatic carbocycles. The molecule has 0 radical (unpaired) electrons. The molecule has 3 heterocycles. The van der Waals surface area contributed by atoms with E-state index in [1.807, 2.05) is 42.9 Å². The molecule has 0 saturated carbocycles. The maximum Gasteiger partial charge on any atom is 0.254 e. The van der Waals surface area contributed by atoms with Crippen LogP contribution in [0.1, 0.15) is 59.3 Å².